The van der Waals surface area contributed by atoms with Crippen LogP contribution in [0.15, 0.2) is 0 Å². The zero-order chi connectivity index (χ0) is 17.9. The molecule has 0 saturated heterocycles. The van der Waals surface area contributed by atoms with E-state index >= 15 is 0 Å². The van der Waals surface area contributed by atoms with E-state index in [2.05, 4.69) is 14.1 Å². The summed E-state index contributed by atoms with van der Waals surface area (Å²) in [5.41, 5.74) is 0. The van der Waals surface area contributed by atoms with Crippen molar-refractivity contribution in [2.24, 2.45) is 23.7 Å². The first-order chi connectivity index (χ1) is 11.6. The van der Waals surface area contributed by atoms with Crippen molar-refractivity contribution in [3.63, 3.8) is 0 Å². The third-order valence-corrected chi connectivity index (χ3v) is 4.83. The van der Waals surface area contributed by atoms with E-state index in [-0.39, 0.29) is 18.4 Å². The Balaban J connectivity index is 2.39. The van der Waals surface area contributed by atoms with E-state index in [9.17, 15) is 14.7 Å². The van der Waals surface area contributed by atoms with Gasteiger partial charge in [0, 0.05) is 6.42 Å². The van der Waals surface area contributed by atoms with Gasteiger partial charge in [0.15, 0.2) is 0 Å². The van der Waals surface area contributed by atoms with Crippen LogP contribution in [0.4, 0.5) is 0 Å². The minimum absolute atomic E-state index is 0.0374. The molecule has 0 heterocycles. The van der Waals surface area contributed by atoms with Gasteiger partial charge >= 0.3 is 11.9 Å². The highest BCUT2D eigenvalue weighted by molar-refractivity contribution is 7.92. The molecule has 1 rings (SSSR count). The Bertz CT molecular complexity index is 396. The summed E-state index contributed by atoms with van der Waals surface area (Å²) in [6, 6.07) is 0. The number of hydrogen-bond acceptors (Lipinski definition) is 8. The summed E-state index contributed by atoms with van der Waals surface area (Å²) in [4.78, 5) is 35.7. The largest absolute Gasteiger partial charge is 0.481 e. The Kier molecular flexibility index (Phi) is 10.3. The lowest BCUT2D eigenvalue weighted by atomic mass is 9.85. The third-order valence-electron chi connectivity index (χ3n) is 4.44. The van der Waals surface area contributed by atoms with Gasteiger partial charge in [-0.2, -0.15) is 0 Å². The van der Waals surface area contributed by atoms with Gasteiger partial charge in [-0.25, -0.2) is 4.89 Å². The molecular formula is C15H27NO7S. The van der Waals surface area contributed by atoms with Gasteiger partial charge in [0.1, 0.15) is 12.2 Å². The molecule has 1 fully saturated rings. The van der Waals surface area contributed by atoms with Crippen molar-refractivity contribution >= 4 is 24.2 Å². The summed E-state index contributed by atoms with van der Waals surface area (Å²) in [5, 5.41) is 9.50. The molecule has 2 N–H and O–H groups in total. The number of ether oxygens (including phenoxy) is 1. The van der Waals surface area contributed by atoms with Crippen molar-refractivity contribution in [2.45, 2.75) is 39.5 Å². The van der Waals surface area contributed by atoms with Gasteiger partial charge in [0.2, 0.25) is 0 Å². The van der Waals surface area contributed by atoms with Crippen molar-refractivity contribution in [1.29, 1.82) is 0 Å². The van der Waals surface area contributed by atoms with Crippen molar-refractivity contribution in [2.75, 3.05) is 20.3 Å². The van der Waals surface area contributed by atoms with Crippen molar-refractivity contribution in [1.82, 2.24) is 4.89 Å². The Morgan fingerprint density at radius 3 is 2.42 bits per heavy atom. The lowest BCUT2D eigenvalue weighted by molar-refractivity contribution is -0.164. The Morgan fingerprint density at radius 1 is 1.17 bits per heavy atom. The molecule has 0 amide bonds. The topological polar surface area (TPSA) is 103 Å². The quantitative estimate of drug-likeness (QED) is 0.135. The first kappa shape index (κ1) is 21.2. The molecule has 0 spiro atoms. The van der Waals surface area contributed by atoms with Crippen LogP contribution in [-0.2, 0) is 28.4 Å². The van der Waals surface area contributed by atoms with E-state index in [1.807, 2.05) is 13.8 Å². The normalized spacial score (nSPS) is 26.5. The number of rotatable bonds is 12. The molecule has 0 aromatic rings. The van der Waals surface area contributed by atoms with Crippen molar-refractivity contribution in [3.8, 4) is 0 Å². The molecule has 24 heavy (non-hydrogen) atoms. The summed E-state index contributed by atoms with van der Waals surface area (Å²) in [6.45, 7) is 4.46. The number of nitrogens with one attached hydrogen (secondary N) is 1. The summed E-state index contributed by atoms with van der Waals surface area (Å²) in [7, 11) is 1.37. The number of hydrogen-bond donors (Lipinski definition) is 2. The molecular weight excluding hydrogens is 338 g/mol. The van der Waals surface area contributed by atoms with E-state index < -0.39 is 23.8 Å². The fourth-order valence-electron chi connectivity index (χ4n) is 3.32. The molecule has 4 unspecified atom stereocenters. The number of aliphatic carboxylic acids is 1. The average molecular weight is 365 g/mol. The fourth-order valence-corrected chi connectivity index (χ4v) is 3.54. The van der Waals surface area contributed by atoms with Gasteiger partial charge in [0.05, 0.1) is 32.2 Å². The van der Waals surface area contributed by atoms with Gasteiger partial charge in [-0.1, -0.05) is 26.7 Å². The molecule has 0 aromatic carbocycles. The molecule has 0 bridgehead atoms. The second kappa shape index (κ2) is 11.6. The molecule has 8 nitrogen and oxygen atoms in total. The van der Waals surface area contributed by atoms with Crippen LogP contribution in [0.1, 0.15) is 39.5 Å². The smallest absolute Gasteiger partial charge is 0.310 e. The highest BCUT2D eigenvalue weighted by Gasteiger charge is 2.49. The standard InChI is InChI=1S/C15H27NO7S/c1-4-10-9-11(5-2)13(12(10)14(17)18)15(19)21-7-6-8-22-16-24-23-20-3/h10-13,16H,4-9H2,1-3H3,(H,17,18). The molecule has 140 valence electrons. The van der Waals surface area contributed by atoms with Crippen LogP contribution in [0.25, 0.3) is 0 Å². The molecule has 0 aliphatic heterocycles. The Morgan fingerprint density at radius 2 is 1.83 bits per heavy atom. The van der Waals surface area contributed by atoms with Gasteiger partial charge in [-0.15, -0.1) is 9.22 Å². The molecule has 1 saturated carbocycles. The number of carbonyl (C=O) groups is 2. The van der Waals surface area contributed by atoms with Gasteiger partial charge < -0.3 is 9.84 Å². The van der Waals surface area contributed by atoms with Crippen LogP contribution < -0.4 is 4.89 Å². The summed E-state index contributed by atoms with van der Waals surface area (Å²) in [5.74, 6) is -2.40. The SMILES string of the molecule is CCC1CC(CC)C(C(=O)OCCCONSOOC)C1C(=O)O. The highest BCUT2D eigenvalue weighted by Crippen LogP contribution is 2.45. The highest BCUT2D eigenvalue weighted by atomic mass is 32.2. The summed E-state index contributed by atoms with van der Waals surface area (Å²) >= 11 is 0.780. The first-order valence-corrected chi connectivity index (χ1v) is 8.93. The number of carboxylic acid groups (broad SMARTS) is 1. The third kappa shape index (κ3) is 6.21. The van der Waals surface area contributed by atoms with Gasteiger partial charge in [-0.05, 0) is 18.3 Å². The fraction of sp³-hybridized carbons (Fsp3) is 0.867. The van der Waals surface area contributed by atoms with E-state index in [0.717, 1.165) is 31.5 Å². The maximum atomic E-state index is 12.4. The second-order valence-corrected chi connectivity index (χ2v) is 6.20. The maximum absolute atomic E-state index is 12.4. The minimum atomic E-state index is -0.901. The predicted octanol–water partition coefficient (Wildman–Crippen LogP) is 2.36. The maximum Gasteiger partial charge on any atom is 0.310 e. The van der Waals surface area contributed by atoms with Gasteiger partial charge in [-0.3, -0.25) is 14.4 Å². The molecule has 1 aliphatic rings. The number of esters is 1. The first-order valence-electron chi connectivity index (χ1n) is 8.19. The lowest BCUT2D eigenvalue weighted by Gasteiger charge is -2.21. The lowest BCUT2D eigenvalue weighted by Crippen LogP contribution is -2.33. The second-order valence-electron chi connectivity index (χ2n) is 5.73. The van der Waals surface area contributed by atoms with Crippen LogP contribution in [0.2, 0.25) is 0 Å². The summed E-state index contributed by atoms with van der Waals surface area (Å²) in [6.07, 6.45) is 2.81. The van der Waals surface area contributed by atoms with E-state index in [1.165, 1.54) is 7.11 Å². The van der Waals surface area contributed by atoms with Crippen molar-refractivity contribution in [3.05, 3.63) is 0 Å². The number of carbonyl (C=O) groups excluding carboxylic acids is 1. The Labute approximate surface area is 146 Å². The molecule has 9 heteroatoms. The minimum Gasteiger partial charge on any atom is -0.481 e. The van der Waals surface area contributed by atoms with Crippen LogP contribution in [0.5, 0.6) is 0 Å². The average Bonchev–Trinajstić information content (AvgIpc) is 2.96. The molecule has 0 radical (unpaired) electrons. The summed E-state index contributed by atoms with van der Waals surface area (Å²) < 4.78 is 9.75. The van der Waals surface area contributed by atoms with E-state index in [4.69, 9.17) is 9.57 Å². The van der Waals surface area contributed by atoms with E-state index in [0.29, 0.717) is 13.0 Å². The zero-order valence-corrected chi connectivity index (χ0v) is 15.2. The van der Waals surface area contributed by atoms with E-state index in [1.54, 1.807) is 0 Å². The predicted molar refractivity (Wildman–Crippen MR) is 87.1 cm³/mol. The van der Waals surface area contributed by atoms with Crippen LogP contribution in [-0.4, -0.2) is 37.4 Å². The van der Waals surface area contributed by atoms with Crippen LogP contribution in [0, 0.1) is 23.7 Å². The van der Waals surface area contributed by atoms with Gasteiger partial charge in [0.25, 0.3) is 0 Å². The molecule has 0 aromatic heterocycles. The van der Waals surface area contributed by atoms with Crippen LogP contribution in [0.3, 0.4) is 0 Å². The Hall–Kier alpha value is -0.870. The monoisotopic (exact) mass is 365 g/mol. The van der Waals surface area contributed by atoms with Crippen LogP contribution >= 0.6 is 12.2 Å². The number of carboxylic acids is 1. The molecule has 4 atom stereocenters. The zero-order valence-electron chi connectivity index (χ0n) is 14.4. The molecule has 1 aliphatic carbocycles. The van der Waals surface area contributed by atoms with Crippen molar-refractivity contribution < 1.29 is 33.5 Å².